The summed E-state index contributed by atoms with van der Waals surface area (Å²) >= 11 is 7.59. The standard InChI is InChI=1S/C17H18ClNO4S/c18-12-1-2-14-13(8-12)11(9-24-14)7-15(20)19-10-17(16(21)22)3-5-23-6-4-17/h1-2,8-9H,3-7,10H2,(H,19,20)(H,21,22). The molecule has 0 spiro atoms. The van der Waals surface area contributed by atoms with E-state index in [1.807, 2.05) is 23.6 Å². The zero-order valence-corrected chi connectivity index (χ0v) is 14.6. The molecule has 2 heterocycles. The van der Waals surface area contributed by atoms with Gasteiger partial charge in [-0.15, -0.1) is 11.3 Å². The topological polar surface area (TPSA) is 75.6 Å². The van der Waals surface area contributed by atoms with Gasteiger partial charge in [-0.05, 0) is 47.4 Å². The lowest BCUT2D eigenvalue weighted by Crippen LogP contribution is -2.46. The number of amides is 1. The van der Waals surface area contributed by atoms with Crippen LogP contribution in [0.4, 0.5) is 0 Å². The van der Waals surface area contributed by atoms with Gasteiger partial charge >= 0.3 is 5.97 Å². The molecule has 1 amide bonds. The van der Waals surface area contributed by atoms with Crippen LogP contribution in [0.1, 0.15) is 18.4 Å². The van der Waals surface area contributed by atoms with Crippen molar-refractivity contribution in [3.8, 4) is 0 Å². The van der Waals surface area contributed by atoms with Crippen LogP contribution in [0.5, 0.6) is 0 Å². The van der Waals surface area contributed by atoms with Gasteiger partial charge in [-0.25, -0.2) is 0 Å². The van der Waals surface area contributed by atoms with Crippen LogP contribution in [0, 0.1) is 5.41 Å². The first-order valence-corrected chi connectivity index (χ1v) is 8.99. The monoisotopic (exact) mass is 367 g/mol. The predicted molar refractivity (Wildman–Crippen MR) is 93.7 cm³/mol. The Morgan fingerprint density at radius 3 is 2.79 bits per heavy atom. The molecule has 0 atom stereocenters. The van der Waals surface area contributed by atoms with Crippen molar-refractivity contribution in [2.45, 2.75) is 19.3 Å². The fourth-order valence-corrected chi connectivity index (χ4v) is 4.04. The van der Waals surface area contributed by atoms with Crippen molar-refractivity contribution >= 4 is 44.9 Å². The summed E-state index contributed by atoms with van der Waals surface area (Å²) in [7, 11) is 0. The summed E-state index contributed by atoms with van der Waals surface area (Å²) in [6.07, 6.45) is 1.05. The quantitative estimate of drug-likeness (QED) is 0.851. The van der Waals surface area contributed by atoms with Crippen molar-refractivity contribution in [3.63, 3.8) is 0 Å². The molecule has 1 aliphatic rings. The van der Waals surface area contributed by atoms with Gasteiger partial charge in [0.05, 0.1) is 11.8 Å². The molecule has 2 N–H and O–H groups in total. The Kier molecular flexibility index (Phi) is 5.08. The molecule has 3 rings (SSSR count). The van der Waals surface area contributed by atoms with E-state index in [0.717, 1.165) is 15.6 Å². The number of fused-ring (bicyclic) bond motifs is 1. The first kappa shape index (κ1) is 17.2. The Bertz CT molecular complexity index is 767. The molecule has 7 heteroatoms. The van der Waals surface area contributed by atoms with Gasteiger partial charge in [-0.2, -0.15) is 0 Å². The Morgan fingerprint density at radius 1 is 1.33 bits per heavy atom. The zero-order valence-electron chi connectivity index (χ0n) is 13.0. The van der Waals surface area contributed by atoms with E-state index >= 15 is 0 Å². The summed E-state index contributed by atoms with van der Waals surface area (Å²) in [5.74, 6) is -1.05. The Morgan fingerprint density at radius 2 is 2.08 bits per heavy atom. The van der Waals surface area contributed by atoms with Crippen molar-refractivity contribution < 1.29 is 19.4 Å². The molecule has 0 unspecified atom stereocenters. The summed E-state index contributed by atoms with van der Waals surface area (Å²) in [6, 6.07) is 5.62. The van der Waals surface area contributed by atoms with Crippen molar-refractivity contribution in [1.82, 2.24) is 5.32 Å². The largest absolute Gasteiger partial charge is 0.481 e. The van der Waals surface area contributed by atoms with E-state index in [1.165, 1.54) is 0 Å². The van der Waals surface area contributed by atoms with Crippen LogP contribution in [0.2, 0.25) is 5.02 Å². The van der Waals surface area contributed by atoms with E-state index in [9.17, 15) is 14.7 Å². The second kappa shape index (κ2) is 7.09. The van der Waals surface area contributed by atoms with Crippen LogP contribution < -0.4 is 5.32 Å². The van der Waals surface area contributed by atoms with E-state index < -0.39 is 11.4 Å². The molecule has 1 aromatic carbocycles. The lowest BCUT2D eigenvalue weighted by atomic mass is 9.80. The minimum atomic E-state index is -0.923. The van der Waals surface area contributed by atoms with E-state index in [1.54, 1.807) is 11.3 Å². The number of thiophene rings is 1. The van der Waals surface area contributed by atoms with Gasteiger partial charge in [0.15, 0.2) is 0 Å². The Hall–Kier alpha value is -1.63. The third-order valence-electron chi connectivity index (χ3n) is 4.49. The van der Waals surface area contributed by atoms with Crippen LogP contribution in [-0.2, 0) is 20.7 Å². The average molecular weight is 368 g/mol. The molecule has 0 saturated carbocycles. The van der Waals surface area contributed by atoms with Gasteiger partial charge in [-0.3, -0.25) is 9.59 Å². The number of carboxylic acid groups (broad SMARTS) is 1. The molecule has 128 valence electrons. The minimum Gasteiger partial charge on any atom is -0.481 e. The molecule has 1 fully saturated rings. The maximum Gasteiger partial charge on any atom is 0.311 e. The number of carbonyl (C=O) groups excluding carboxylic acids is 1. The molecule has 1 saturated heterocycles. The number of rotatable bonds is 5. The molecule has 24 heavy (non-hydrogen) atoms. The highest BCUT2D eigenvalue weighted by atomic mass is 35.5. The van der Waals surface area contributed by atoms with Crippen LogP contribution in [-0.4, -0.2) is 36.7 Å². The van der Waals surface area contributed by atoms with Gasteiger partial charge in [0.1, 0.15) is 0 Å². The smallest absolute Gasteiger partial charge is 0.311 e. The van der Waals surface area contributed by atoms with Gasteiger partial charge in [0.25, 0.3) is 0 Å². The lowest BCUT2D eigenvalue weighted by molar-refractivity contribution is -0.154. The number of carbonyl (C=O) groups is 2. The van der Waals surface area contributed by atoms with E-state index in [4.69, 9.17) is 16.3 Å². The normalized spacial score (nSPS) is 16.9. The molecular formula is C17H18ClNO4S. The van der Waals surface area contributed by atoms with Gasteiger partial charge < -0.3 is 15.2 Å². The Balaban J connectivity index is 1.66. The van der Waals surface area contributed by atoms with E-state index in [-0.39, 0.29) is 18.9 Å². The number of hydrogen-bond acceptors (Lipinski definition) is 4. The van der Waals surface area contributed by atoms with Crippen LogP contribution in [0.3, 0.4) is 0 Å². The lowest BCUT2D eigenvalue weighted by Gasteiger charge is -2.33. The number of carboxylic acids is 1. The molecule has 0 bridgehead atoms. The summed E-state index contributed by atoms with van der Waals surface area (Å²) in [5.41, 5.74) is -0.0140. The van der Waals surface area contributed by atoms with Crippen molar-refractivity contribution in [1.29, 1.82) is 0 Å². The van der Waals surface area contributed by atoms with Crippen molar-refractivity contribution in [3.05, 3.63) is 34.2 Å². The zero-order chi connectivity index (χ0) is 17.2. The SMILES string of the molecule is O=C(Cc1csc2ccc(Cl)cc12)NCC1(C(=O)O)CCOCC1. The van der Waals surface area contributed by atoms with Crippen LogP contribution in [0.25, 0.3) is 10.1 Å². The number of aliphatic carboxylic acids is 1. The number of ether oxygens (including phenoxy) is 1. The predicted octanol–water partition coefficient (Wildman–Crippen LogP) is 3.09. The van der Waals surface area contributed by atoms with Crippen molar-refractivity contribution in [2.75, 3.05) is 19.8 Å². The summed E-state index contributed by atoms with van der Waals surface area (Å²) < 4.78 is 6.32. The highest BCUT2D eigenvalue weighted by Gasteiger charge is 2.40. The number of benzene rings is 1. The molecule has 5 nitrogen and oxygen atoms in total. The number of nitrogens with one attached hydrogen (secondary N) is 1. The molecule has 1 aliphatic heterocycles. The molecule has 0 radical (unpaired) electrons. The molecule has 0 aliphatic carbocycles. The second-order valence-corrected chi connectivity index (χ2v) is 7.40. The molecular weight excluding hydrogens is 350 g/mol. The number of halogens is 1. The summed E-state index contributed by atoms with van der Waals surface area (Å²) in [4.78, 5) is 23.9. The molecule has 2 aromatic rings. The molecule has 1 aromatic heterocycles. The maximum absolute atomic E-state index is 12.3. The Labute approximate surface area is 148 Å². The minimum absolute atomic E-state index is 0.132. The summed E-state index contributed by atoms with van der Waals surface area (Å²) in [5, 5.41) is 15.9. The van der Waals surface area contributed by atoms with Crippen molar-refractivity contribution in [2.24, 2.45) is 5.41 Å². The van der Waals surface area contributed by atoms with E-state index in [2.05, 4.69) is 5.32 Å². The maximum atomic E-state index is 12.3. The fourth-order valence-electron chi connectivity index (χ4n) is 2.92. The summed E-state index contributed by atoms with van der Waals surface area (Å²) in [6.45, 7) is 0.957. The third-order valence-corrected chi connectivity index (χ3v) is 5.74. The van der Waals surface area contributed by atoms with Crippen LogP contribution >= 0.6 is 22.9 Å². The average Bonchev–Trinajstić information content (AvgIpc) is 2.96. The van der Waals surface area contributed by atoms with Gasteiger partial charge in [0.2, 0.25) is 5.91 Å². The number of hydrogen-bond donors (Lipinski definition) is 2. The van der Waals surface area contributed by atoms with Crippen LogP contribution in [0.15, 0.2) is 23.6 Å². The third kappa shape index (κ3) is 3.55. The highest BCUT2D eigenvalue weighted by Crippen LogP contribution is 2.31. The fraction of sp³-hybridized carbons (Fsp3) is 0.412. The van der Waals surface area contributed by atoms with Gasteiger partial charge in [0, 0.05) is 29.5 Å². The highest BCUT2D eigenvalue weighted by molar-refractivity contribution is 7.17. The van der Waals surface area contributed by atoms with E-state index in [0.29, 0.717) is 31.1 Å². The van der Waals surface area contributed by atoms with Gasteiger partial charge in [-0.1, -0.05) is 11.6 Å². The first-order valence-electron chi connectivity index (χ1n) is 7.74. The second-order valence-electron chi connectivity index (χ2n) is 6.05. The first-order chi connectivity index (χ1) is 11.5.